The first-order valence-corrected chi connectivity index (χ1v) is 11.0. The summed E-state index contributed by atoms with van der Waals surface area (Å²) in [5.74, 6) is 0.170. The second-order valence-corrected chi connectivity index (χ2v) is 8.14. The Kier molecular flexibility index (Phi) is 6.74. The van der Waals surface area contributed by atoms with E-state index in [1.165, 1.54) is 17.8 Å². The lowest BCUT2D eigenvalue weighted by Crippen LogP contribution is -2.15. The summed E-state index contributed by atoms with van der Waals surface area (Å²) >= 11 is 2.90. The molecule has 1 amide bonds. The number of benzene rings is 2. The van der Waals surface area contributed by atoms with E-state index in [0.717, 1.165) is 10.6 Å². The van der Waals surface area contributed by atoms with Gasteiger partial charge in [-0.2, -0.15) is 0 Å². The molecule has 146 valence electrons. The van der Waals surface area contributed by atoms with Crippen molar-refractivity contribution >= 4 is 35.1 Å². The van der Waals surface area contributed by atoms with E-state index in [1.54, 1.807) is 30.0 Å². The lowest BCUT2D eigenvalue weighted by atomic mass is 10.2. The summed E-state index contributed by atoms with van der Waals surface area (Å²) < 4.78 is 16.0. The van der Waals surface area contributed by atoms with Gasteiger partial charge in [0, 0.05) is 16.6 Å². The van der Waals surface area contributed by atoms with Crippen molar-refractivity contribution in [2.75, 3.05) is 17.3 Å². The normalized spacial score (nSPS) is 11.0. The number of hydrogen-bond acceptors (Lipinski definition) is 5. The monoisotopic (exact) mass is 416 g/mol. The maximum absolute atomic E-state index is 14.2. The first kappa shape index (κ1) is 20.4. The minimum absolute atomic E-state index is 0.0217. The molecule has 0 saturated heterocycles. The summed E-state index contributed by atoms with van der Waals surface area (Å²) in [6, 6.07) is 14.2. The first-order chi connectivity index (χ1) is 13.5. The second-order valence-electron chi connectivity index (χ2n) is 6.32. The van der Waals surface area contributed by atoms with Gasteiger partial charge >= 0.3 is 0 Å². The number of halogens is 1. The lowest BCUT2D eigenvalue weighted by Gasteiger charge is -2.14. The van der Waals surface area contributed by atoms with Gasteiger partial charge in [0.15, 0.2) is 11.0 Å². The molecule has 1 N–H and O–H groups in total. The van der Waals surface area contributed by atoms with Gasteiger partial charge in [-0.1, -0.05) is 30.0 Å². The average Bonchev–Trinajstić information content (AvgIpc) is 3.11. The molecule has 8 heteroatoms. The van der Waals surface area contributed by atoms with Gasteiger partial charge in [0.2, 0.25) is 5.91 Å². The van der Waals surface area contributed by atoms with E-state index >= 15 is 0 Å². The largest absolute Gasteiger partial charge is 0.325 e. The van der Waals surface area contributed by atoms with Gasteiger partial charge in [-0.15, -0.1) is 22.0 Å². The predicted molar refractivity (Wildman–Crippen MR) is 113 cm³/mol. The standard InChI is InChI=1S/C20H21FN4OS2/c1-13(2)25-19(16-9-4-5-10-17(16)21)23-24-20(25)28-12-18(26)22-14-7-6-8-15(11-14)27-3/h4-11,13H,12H2,1-3H3,(H,22,26). The van der Waals surface area contributed by atoms with Crippen LogP contribution < -0.4 is 5.32 Å². The Labute approximate surface area is 172 Å². The molecule has 1 heterocycles. The molecule has 5 nitrogen and oxygen atoms in total. The Morgan fingerprint density at radius 2 is 1.96 bits per heavy atom. The van der Waals surface area contributed by atoms with Crippen molar-refractivity contribution in [1.82, 2.24) is 14.8 Å². The Morgan fingerprint density at radius 3 is 2.68 bits per heavy atom. The van der Waals surface area contributed by atoms with Crippen LogP contribution in [0.3, 0.4) is 0 Å². The minimum atomic E-state index is -0.347. The molecule has 3 aromatic rings. The number of hydrogen-bond donors (Lipinski definition) is 1. The number of carbonyl (C=O) groups is 1. The van der Waals surface area contributed by atoms with Gasteiger partial charge in [-0.25, -0.2) is 4.39 Å². The maximum Gasteiger partial charge on any atom is 0.234 e. The highest BCUT2D eigenvalue weighted by atomic mass is 32.2. The maximum atomic E-state index is 14.2. The third kappa shape index (κ3) is 4.74. The zero-order valence-corrected chi connectivity index (χ0v) is 17.5. The molecule has 2 aromatic carbocycles. The molecule has 0 aliphatic carbocycles. The summed E-state index contributed by atoms with van der Waals surface area (Å²) in [4.78, 5) is 13.4. The molecule has 0 aliphatic rings. The fourth-order valence-corrected chi connectivity index (χ4v) is 4.02. The quantitative estimate of drug-likeness (QED) is 0.542. The molecular weight excluding hydrogens is 395 g/mol. The fraction of sp³-hybridized carbons (Fsp3) is 0.250. The minimum Gasteiger partial charge on any atom is -0.325 e. The zero-order valence-electron chi connectivity index (χ0n) is 15.8. The molecule has 0 spiro atoms. The molecule has 3 rings (SSSR count). The molecule has 0 radical (unpaired) electrons. The lowest BCUT2D eigenvalue weighted by molar-refractivity contribution is -0.113. The molecule has 1 aromatic heterocycles. The average molecular weight is 417 g/mol. The van der Waals surface area contributed by atoms with Gasteiger partial charge in [0.05, 0.1) is 11.3 Å². The highest BCUT2D eigenvalue weighted by molar-refractivity contribution is 7.99. The Balaban J connectivity index is 1.74. The molecule has 0 atom stereocenters. The van der Waals surface area contributed by atoms with E-state index in [1.807, 2.05) is 48.9 Å². The molecular formula is C20H21FN4OS2. The van der Waals surface area contributed by atoms with E-state index in [2.05, 4.69) is 15.5 Å². The van der Waals surface area contributed by atoms with Crippen molar-refractivity contribution in [3.05, 3.63) is 54.3 Å². The van der Waals surface area contributed by atoms with Gasteiger partial charge in [-0.3, -0.25) is 9.36 Å². The third-order valence-corrected chi connectivity index (χ3v) is 5.65. The van der Waals surface area contributed by atoms with Crippen molar-refractivity contribution in [3.63, 3.8) is 0 Å². The number of thioether (sulfide) groups is 2. The summed E-state index contributed by atoms with van der Waals surface area (Å²) in [6.07, 6.45) is 1.99. The van der Waals surface area contributed by atoms with Crippen LogP contribution in [-0.2, 0) is 4.79 Å². The van der Waals surface area contributed by atoms with E-state index < -0.39 is 0 Å². The van der Waals surface area contributed by atoms with Crippen LogP contribution in [0.15, 0.2) is 58.6 Å². The van der Waals surface area contributed by atoms with Crippen molar-refractivity contribution in [2.45, 2.75) is 29.9 Å². The second kappa shape index (κ2) is 9.25. The number of anilines is 1. The van der Waals surface area contributed by atoms with Crippen molar-refractivity contribution < 1.29 is 9.18 Å². The molecule has 0 bridgehead atoms. The summed E-state index contributed by atoms with van der Waals surface area (Å²) in [5.41, 5.74) is 1.16. The number of amides is 1. The summed E-state index contributed by atoms with van der Waals surface area (Å²) in [7, 11) is 0. The Bertz CT molecular complexity index is 974. The van der Waals surface area contributed by atoms with E-state index in [-0.39, 0.29) is 23.5 Å². The molecule has 0 unspecified atom stereocenters. The predicted octanol–water partition coefficient (Wildman–Crippen LogP) is 5.12. The molecule has 0 aliphatic heterocycles. The van der Waals surface area contributed by atoms with Crippen LogP contribution in [0, 0.1) is 5.82 Å². The summed E-state index contributed by atoms with van der Waals surface area (Å²) in [5, 5.41) is 11.8. The number of nitrogens with one attached hydrogen (secondary N) is 1. The Hall–Kier alpha value is -2.32. The van der Waals surface area contributed by atoms with Crippen LogP contribution in [-0.4, -0.2) is 32.7 Å². The van der Waals surface area contributed by atoms with Gasteiger partial charge in [0.25, 0.3) is 0 Å². The van der Waals surface area contributed by atoms with Crippen LogP contribution in [0.25, 0.3) is 11.4 Å². The smallest absolute Gasteiger partial charge is 0.234 e. The Morgan fingerprint density at radius 1 is 1.18 bits per heavy atom. The number of aromatic nitrogens is 3. The van der Waals surface area contributed by atoms with Crippen LogP contribution >= 0.6 is 23.5 Å². The fourth-order valence-electron chi connectivity index (χ4n) is 2.70. The summed E-state index contributed by atoms with van der Waals surface area (Å²) in [6.45, 7) is 3.96. The number of carbonyl (C=O) groups excluding carboxylic acids is 1. The number of rotatable bonds is 7. The molecule has 0 fully saturated rings. The van der Waals surface area contributed by atoms with E-state index in [4.69, 9.17) is 0 Å². The van der Waals surface area contributed by atoms with Crippen LogP contribution in [0.1, 0.15) is 19.9 Å². The van der Waals surface area contributed by atoms with Crippen molar-refractivity contribution in [3.8, 4) is 11.4 Å². The highest BCUT2D eigenvalue weighted by Crippen LogP contribution is 2.29. The highest BCUT2D eigenvalue weighted by Gasteiger charge is 2.19. The third-order valence-electron chi connectivity index (χ3n) is 3.98. The van der Waals surface area contributed by atoms with E-state index in [0.29, 0.717) is 16.5 Å². The van der Waals surface area contributed by atoms with Crippen LogP contribution in [0.5, 0.6) is 0 Å². The zero-order chi connectivity index (χ0) is 20.1. The topological polar surface area (TPSA) is 59.8 Å². The van der Waals surface area contributed by atoms with Crippen molar-refractivity contribution in [1.29, 1.82) is 0 Å². The van der Waals surface area contributed by atoms with Crippen LogP contribution in [0.4, 0.5) is 10.1 Å². The molecule has 28 heavy (non-hydrogen) atoms. The van der Waals surface area contributed by atoms with E-state index in [9.17, 15) is 9.18 Å². The van der Waals surface area contributed by atoms with Gasteiger partial charge < -0.3 is 5.32 Å². The van der Waals surface area contributed by atoms with Gasteiger partial charge in [-0.05, 0) is 50.4 Å². The number of nitrogens with zero attached hydrogens (tertiary/aromatic N) is 3. The molecule has 0 saturated carbocycles. The first-order valence-electron chi connectivity index (χ1n) is 8.76. The van der Waals surface area contributed by atoms with Gasteiger partial charge in [0.1, 0.15) is 5.82 Å². The SMILES string of the molecule is CSc1cccc(NC(=O)CSc2nnc(-c3ccccc3F)n2C(C)C)c1. The van der Waals surface area contributed by atoms with Crippen LogP contribution in [0.2, 0.25) is 0 Å². The van der Waals surface area contributed by atoms with Crippen molar-refractivity contribution in [2.24, 2.45) is 0 Å².